The van der Waals surface area contributed by atoms with E-state index in [-0.39, 0.29) is 5.82 Å². The molecule has 1 atom stereocenters. The number of furan rings is 1. The molecule has 0 saturated heterocycles. The molecular formula is C22H24FNO2. The number of hydrogen-bond donors (Lipinski definition) is 1. The molecule has 3 rings (SSSR count). The van der Waals surface area contributed by atoms with E-state index >= 15 is 0 Å². The molecule has 0 saturated carbocycles. The number of aliphatic hydroxyl groups is 1. The van der Waals surface area contributed by atoms with E-state index < -0.39 is 6.10 Å². The standard InChI is InChI=1S/C22H24FNO2/c1-17-7-12-22(26-17)16-24(14-19-8-10-20(23)11-9-19)15-21(25)13-18-5-3-2-4-6-18/h2-12,21,25H,13-16H2,1H3. The summed E-state index contributed by atoms with van der Waals surface area (Å²) in [6.45, 7) is 3.63. The van der Waals surface area contributed by atoms with Gasteiger partial charge in [-0.25, -0.2) is 4.39 Å². The summed E-state index contributed by atoms with van der Waals surface area (Å²) in [6, 6.07) is 20.3. The van der Waals surface area contributed by atoms with Gasteiger partial charge in [0.05, 0.1) is 12.6 Å². The average Bonchev–Trinajstić information content (AvgIpc) is 3.02. The van der Waals surface area contributed by atoms with Gasteiger partial charge in [0.25, 0.3) is 0 Å². The van der Waals surface area contributed by atoms with Crippen LogP contribution in [0.3, 0.4) is 0 Å². The summed E-state index contributed by atoms with van der Waals surface area (Å²) >= 11 is 0. The number of aliphatic hydroxyl groups excluding tert-OH is 1. The average molecular weight is 353 g/mol. The highest BCUT2D eigenvalue weighted by atomic mass is 19.1. The summed E-state index contributed by atoms with van der Waals surface area (Å²) < 4.78 is 18.8. The van der Waals surface area contributed by atoms with Crippen LogP contribution in [0.2, 0.25) is 0 Å². The van der Waals surface area contributed by atoms with Crippen molar-refractivity contribution in [3.8, 4) is 0 Å². The van der Waals surface area contributed by atoms with Crippen molar-refractivity contribution in [3.63, 3.8) is 0 Å². The van der Waals surface area contributed by atoms with Gasteiger partial charge in [-0.3, -0.25) is 4.90 Å². The number of aryl methyl sites for hydroxylation is 1. The van der Waals surface area contributed by atoms with Gasteiger partial charge >= 0.3 is 0 Å². The Hall–Kier alpha value is -2.43. The molecule has 0 spiro atoms. The molecule has 0 amide bonds. The summed E-state index contributed by atoms with van der Waals surface area (Å²) in [5, 5.41) is 10.5. The molecule has 136 valence electrons. The molecule has 26 heavy (non-hydrogen) atoms. The lowest BCUT2D eigenvalue weighted by Gasteiger charge is -2.24. The summed E-state index contributed by atoms with van der Waals surface area (Å²) in [6.07, 6.45) is 0.103. The fourth-order valence-corrected chi connectivity index (χ4v) is 3.07. The minimum atomic E-state index is -0.492. The summed E-state index contributed by atoms with van der Waals surface area (Å²) in [5.41, 5.74) is 2.11. The molecule has 2 aromatic carbocycles. The van der Waals surface area contributed by atoms with Gasteiger partial charge in [-0.2, -0.15) is 0 Å². The zero-order chi connectivity index (χ0) is 18.4. The molecule has 3 aromatic rings. The number of nitrogens with zero attached hydrogens (tertiary/aromatic N) is 1. The largest absolute Gasteiger partial charge is 0.465 e. The first-order chi connectivity index (χ1) is 12.6. The maximum Gasteiger partial charge on any atom is 0.123 e. The van der Waals surface area contributed by atoms with Crippen molar-refractivity contribution >= 4 is 0 Å². The molecule has 0 bridgehead atoms. The van der Waals surface area contributed by atoms with Crippen LogP contribution >= 0.6 is 0 Å². The molecule has 0 aliphatic carbocycles. The molecule has 4 heteroatoms. The molecular weight excluding hydrogens is 329 g/mol. The van der Waals surface area contributed by atoms with Crippen LogP contribution in [0.5, 0.6) is 0 Å². The minimum Gasteiger partial charge on any atom is -0.465 e. The Morgan fingerprint density at radius 1 is 0.923 bits per heavy atom. The Kier molecular flexibility index (Phi) is 6.21. The van der Waals surface area contributed by atoms with Gasteiger partial charge in [-0.1, -0.05) is 42.5 Å². The highest BCUT2D eigenvalue weighted by Gasteiger charge is 2.15. The molecule has 3 nitrogen and oxygen atoms in total. The lowest BCUT2D eigenvalue weighted by atomic mass is 10.1. The highest BCUT2D eigenvalue weighted by molar-refractivity contribution is 5.17. The van der Waals surface area contributed by atoms with Crippen LogP contribution in [0.1, 0.15) is 22.6 Å². The number of halogens is 1. The van der Waals surface area contributed by atoms with Crippen molar-refractivity contribution in [1.29, 1.82) is 0 Å². The monoisotopic (exact) mass is 353 g/mol. The van der Waals surface area contributed by atoms with Crippen molar-refractivity contribution in [2.24, 2.45) is 0 Å². The molecule has 1 N–H and O–H groups in total. The van der Waals surface area contributed by atoms with Gasteiger partial charge < -0.3 is 9.52 Å². The van der Waals surface area contributed by atoms with E-state index in [2.05, 4.69) is 4.90 Å². The first-order valence-corrected chi connectivity index (χ1v) is 8.82. The van der Waals surface area contributed by atoms with Gasteiger partial charge in [-0.05, 0) is 48.7 Å². The van der Waals surface area contributed by atoms with Crippen molar-refractivity contribution in [2.75, 3.05) is 6.54 Å². The molecule has 1 aromatic heterocycles. The van der Waals surface area contributed by atoms with Crippen LogP contribution in [0, 0.1) is 12.7 Å². The van der Waals surface area contributed by atoms with E-state index in [0.29, 0.717) is 26.1 Å². The second-order valence-electron chi connectivity index (χ2n) is 6.65. The third-order valence-corrected chi connectivity index (χ3v) is 4.28. The first-order valence-electron chi connectivity index (χ1n) is 8.82. The summed E-state index contributed by atoms with van der Waals surface area (Å²) in [7, 11) is 0. The van der Waals surface area contributed by atoms with Gasteiger partial charge in [0.15, 0.2) is 0 Å². The Labute approximate surface area is 153 Å². The van der Waals surface area contributed by atoms with E-state index in [9.17, 15) is 9.50 Å². The van der Waals surface area contributed by atoms with E-state index in [1.165, 1.54) is 12.1 Å². The van der Waals surface area contributed by atoms with Gasteiger partial charge in [0.1, 0.15) is 17.3 Å². The molecule has 1 unspecified atom stereocenters. The normalized spacial score (nSPS) is 12.5. The fourth-order valence-electron chi connectivity index (χ4n) is 3.07. The maximum absolute atomic E-state index is 13.2. The molecule has 1 heterocycles. The molecule has 0 fully saturated rings. The van der Waals surface area contributed by atoms with E-state index in [0.717, 1.165) is 22.6 Å². The Morgan fingerprint density at radius 2 is 1.65 bits per heavy atom. The van der Waals surface area contributed by atoms with Crippen molar-refractivity contribution < 1.29 is 13.9 Å². The van der Waals surface area contributed by atoms with Crippen LogP contribution < -0.4 is 0 Å². The van der Waals surface area contributed by atoms with E-state index in [1.54, 1.807) is 12.1 Å². The third kappa shape index (κ3) is 5.55. The second-order valence-corrected chi connectivity index (χ2v) is 6.65. The van der Waals surface area contributed by atoms with Crippen LogP contribution in [0.15, 0.2) is 71.1 Å². The van der Waals surface area contributed by atoms with Gasteiger partial charge in [0, 0.05) is 13.1 Å². The molecule has 0 radical (unpaired) electrons. The minimum absolute atomic E-state index is 0.244. The number of rotatable bonds is 8. The van der Waals surface area contributed by atoms with Crippen molar-refractivity contribution in [3.05, 3.63) is 95.2 Å². The SMILES string of the molecule is Cc1ccc(CN(Cc2ccc(F)cc2)CC(O)Cc2ccccc2)o1. The maximum atomic E-state index is 13.2. The lowest BCUT2D eigenvalue weighted by Crippen LogP contribution is -2.32. The molecule has 0 aliphatic rings. The van der Waals surface area contributed by atoms with E-state index in [1.807, 2.05) is 49.4 Å². The second kappa shape index (κ2) is 8.79. The number of benzene rings is 2. The smallest absolute Gasteiger partial charge is 0.123 e. The molecule has 0 aliphatic heterocycles. The highest BCUT2D eigenvalue weighted by Crippen LogP contribution is 2.15. The summed E-state index contributed by atoms with van der Waals surface area (Å²) in [4.78, 5) is 2.12. The quantitative estimate of drug-likeness (QED) is 0.655. The Balaban J connectivity index is 1.67. The topological polar surface area (TPSA) is 36.6 Å². The third-order valence-electron chi connectivity index (χ3n) is 4.28. The predicted octanol–water partition coefficient (Wildman–Crippen LogP) is 4.33. The first kappa shape index (κ1) is 18.4. The van der Waals surface area contributed by atoms with Crippen LogP contribution in [-0.2, 0) is 19.5 Å². The van der Waals surface area contributed by atoms with Crippen LogP contribution in [-0.4, -0.2) is 22.7 Å². The Morgan fingerprint density at radius 3 is 2.31 bits per heavy atom. The van der Waals surface area contributed by atoms with Crippen molar-refractivity contribution in [2.45, 2.75) is 32.5 Å². The van der Waals surface area contributed by atoms with Gasteiger partial charge in [-0.15, -0.1) is 0 Å². The van der Waals surface area contributed by atoms with Crippen LogP contribution in [0.4, 0.5) is 4.39 Å². The van der Waals surface area contributed by atoms with Gasteiger partial charge in [0.2, 0.25) is 0 Å². The number of hydrogen-bond acceptors (Lipinski definition) is 3. The fraction of sp³-hybridized carbons (Fsp3) is 0.273. The predicted molar refractivity (Wildman–Crippen MR) is 100 cm³/mol. The van der Waals surface area contributed by atoms with E-state index in [4.69, 9.17) is 4.42 Å². The zero-order valence-electron chi connectivity index (χ0n) is 14.9. The van der Waals surface area contributed by atoms with Crippen LogP contribution in [0.25, 0.3) is 0 Å². The lowest BCUT2D eigenvalue weighted by molar-refractivity contribution is 0.100. The van der Waals surface area contributed by atoms with Crippen molar-refractivity contribution in [1.82, 2.24) is 4.90 Å². The summed E-state index contributed by atoms with van der Waals surface area (Å²) in [5.74, 6) is 1.48. The zero-order valence-corrected chi connectivity index (χ0v) is 14.9. The Bertz CT molecular complexity index is 799.